The van der Waals surface area contributed by atoms with E-state index in [9.17, 15) is 5.11 Å². The maximum absolute atomic E-state index is 9.69. The second-order valence-electron chi connectivity index (χ2n) is 2.86. The number of halogens is 1. The molecule has 0 fully saturated rings. The van der Waals surface area contributed by atoms with Crippen LogP contribution in [0.4, 0.5) is 0 Å². The molecule has 0 amide bonds. The van der Waals surface area contributed by atoms with E-state index in [0.717, 1.165) is 25.7 Å². The number of alkyl halides is 1. The van der Waals surface area contributed by atoms with E-state index >= 15 is 0 Å². The van der Waals surface area contributed by atoms with E-state index in [1.165, 1.54) is 0 Å². The first kappa shape index (κ1) is 10.2. The lowest BCUT2D eigenvalue weighted by Crippen LogP contribution is -2.30. The molecule has 0 bridgehead atoms. The van der Waals surface area contributed by atoms with Gasteiger partial charge in [0.15, 0.2) is 0 Å². The fourth-order valence-corrected chi connectivity index (χ4v) is 1.46. The Labute approximate surface area is 68.4 Å². The summed E-state index contributed by atoms with van der Waals surface area (Å²) in [5.74, 6) is 0.370. The van der Waals surface area contributed by atoms with Crippen LogP contribution in [0, 0.1) is 0 Å². The molecule has 0 saturated carbocycles. The molecule has 0 atom stereocenters. The third-order valence-corrected chi connectivity index (χ3v) is 2.18. The van der Waals surface area contributed by atoms with Crippen LogP contribution in [0.25, 0.3) is 0 Å². The van der Waals surface area contributed by atoms with Crippen molar-refractivity contribution < 1.29 is 5.11 Å². The summed E-state index contributed by atoms with van der Waals surface area (Å²) in [6.45, 7) is 4.13. The first-order valence-electron chi connectivity index (χ1n) is 3.97. The van der Waals surface area contributed by atoms with Crippen molar-refractivity contribution in [2.24, 2.45) is 0 Å². The van der Waals surface area contributed by atoms with E-state index in [4.69, 9.17) is 11.6 Å². The van der Waals surface area contributed by atoms with Gasteiger partial charge in [-0.25, -0.2) is 0 Å². The molecule has 0 aliphatic carbocycles. The summed E-state index contributed by atoms with van der Waals surface area (Å²) in [6, 6.07) is 0. The topological polar surface area (TPSA) is 20.2 Å². The van der Waals surface area contributed by atoms with E-state index < -0.39 is 5.60 Å². The minimum absolute atomic E-state index is 0.370. The van der Waals surface area contributed by atoms with Crippen molar-refractivity contribution in [3.05, 3.63) is 0 Å². The van der Waals surface area contributed by atoms with Crippen LogP contribution >= 0.6 is 11.6 Å². The molecule has 0 radical (unpaired) electrons. The van der Waals surface area contributed by atoms with Crippen LogP contribution in [0.2, 0.25) is 0 Å². The standard InChI is InChI=1S/C8H17ClO/c1-3-5-8(10,7-9)6-4-2/h10H,3-7H2,1-2H3. The van der Waals surface area contributed by atoms with Crippen LogP contribution in [0.5, 0.6) is 0 Å². The molecule has 2 heteroatoms. The molecule has 1 nitrogen and oxygen atoms in total. The zero-order chi connectivity index (χ0) is 8.04. The van der Waals surface area contributed by atoms with Gasteiger partial charge in [-0.15, -0.1) is 11.6 Å². The van der Waals surface area contributed by atoms with E-state index in [1.807, 2.05) is 0 Å². The molecule has 1 N–H and O–H groups in total. The predicted octanol–water partition coefficient (Wildman–Crippen LogP) is 2.56. The van der Waals surface area contributed by atoms with Crippen LogP contribution in [0.1, 0.15) is 39.5 Å². The molecular formula is C8H17ClO. The Morgan fingerprint density at radius 2 is 1.60 bits per heavy atom. The second-order valence-corrected chi connectivity index (χ2v) is 3.13. The summed E-state index contributed by atoms with van der Waals surface area (Å²) in [4.78, 5) is 0. The smallest absolute Gasteiger partial charge is 0.0782 e. The molecule has 0 aromatic carbocycles. The van der Waals surface area contributed by atoms with Crippen molar-refractivity contribution in [1.82, 2.24) is 0 Å². The molecule has 0 aromatic rings. The van der Waals surface area contributed by atoms with Gasteiger partial charge in [0.25, 0.3) is 0 Å². The molecule has 0 aromatic heterocycles. The van der Waals surface area contributed by atoms with Crippen LogP contribution in [-0.4, -0.2) is 16.6 Å². The summed E-state index contributed by atoms with van der Waals surface area (Å²) >= 11 is 5.62. The maximum Gasteiger partial charge on any atom is 0.0782 e. The monoisotopic (exact) mass is 164 g/mol. The molecule has 0 aliphatic rings. The van der Waals surface area contributed by atoms with Gasteiger partial charge < -0.3 is 5.11 Å². The van der Waals surface area contributed by atoms with Crippen molar-refractivity contribution in [3.63, 3.8) is 0 Å². The fraction of sp³-hybridized carbons (Fsp3) is 1.00. The van der Waals surface area contributed by atoms with Crippen LogP contribution < -0.4 is 0 Å². The summed E-state index contributed by atoms with van der Waals surface area (Å²) in [6.07, 6.45) is 3.65. The van der Waals surface area contributed by atoms with Gasteiger partial charge in [0.1, 0.15) is 0 Å². The average molecular weight is 165 g/mol. The Bertz CT molecular complexity index is 77.3. The minimum Gasteiger partial charge on any atom is -0.389 e. The zero-order valence-corrected chi connectivity index (χ0v) is 7.62. The first-order chi connectivity index (χ1) is 4.68. The Morgan fingerprint density at radius 1 is 1.20 bits per heavy atom. The third kappa shape index (κ3) is 3.43. The van der Waals surface area contributed by atoms with Gasteiger partial charge in [0.2, 0.25) is 0 Å². The first-order valence-corrected chi connectivity index (χ1v) is 4.50. The highest BCUT2D eigenvalue weighted by atomic mass is 35.5. The summed E-state index contributed by atoms with van der Waals surface area (Å²) < 4.78 is 0. The van der Waals surface area contributed by atoms with E-state index in [-0.39, 0.29) is 0 Å². The van der Waals surface area contributed by atoms with Crippen molar-refractivity contribution in [3.8, 4) is 0 Å². The van der Waals surface area contributed by atoms with Gasteiger partial charge in [-0.1, -0.05) is 26.7 Å². The highest BCUT2D eigenvalue weighted by Crippen LogP contribution is 2.20. The molecule has 0 saturated heterocycles. The van der Waals surface area contributed by atoms with Gasteiger partial charge in [-0.2, -0.15) is 0 Å². The largest absolute Gasteiger partial charge is 0.389 e. The van der Waals surface area contributed by atoms with E-state index in [1.54, 1.807) is 0 Å². The average Bonchev–Trinajstić information content (AvgIpc) is 1.89. The minimum atomic E-state index is -0.592. The number of hydrogen-bond acceptors (Lipinski definition) is 1. The lowest BCUT2D eigenvalue weighted by Gasteiger charge is -2.24. The molecular weight excluding hydrogens is 148 g/mol. The van der Waals surface area contributed by atoms with Gasteiger partial charge >= 0.3 is 0 Å². The summed E-state index contributed by atoms with van der Waals surface area (Å²) in [7, 11) is 0. The number of rotatable bonds is 5. The lowest BCUT2D eigenvalue weighted by molar-refractivity contribution is 0.0441. The third-order valence-electron chi connectivity index (χ3n) is 1.68. The zero-order valence-electron chi connectivity index (χ0n) is 6.86. The van der Waals surface area contributed by atoms with Crippen LogP contribution in [0.15, 0.2) is 0 Å². The Morgan fingerprint density at radius 3 is 1.80 bits per heavy atom. The molecule has 0 unspecified atom stereocenters. The Balaban J connectivity index is 3.69. The fourth-order valence-electron chi connectivity index (χ4n) is 1.19. The maximum atomic E-state index is 9.69. The number of hydrogen-bond donors (Lipinski definition) is 1. The molecule has 10 heavy (non-hydrogen) atoms. The normalized spacial score (nSPS) is 12.0. The highest BCUT2D eigenvalue weighted by Gasteiger charge is 2.22. The molecule has 62 valence electrons. The molecule has 0 rings (SSSR count). The van der Waals surface area contributed by atoms with Crippen molar-refractivity contribution in [1.29, 1.82) is 0 Å². The quantitative estimate of drug-likeness (QED) is 0.620. The predicted molar refractivity (Wildman–Crippen MR) is 45.5 cm³/mol. The van der Waals surface area contributed by atoms with E-state index in [2.05, 4.69) is 13.8 Å². The highest BCUT2D eigenvalue weighted by molar-refractivity contribution is 6.18. The van der Waals surface area contributed by atoms with Crippen molar-refractivity contribution >= 4 is 11.6 Å². The van der Waals surface area contributed by atoms with Crippen LogP contribution in [-0.2, 0) is 0 Å². The SMILES string of the molecule is CCCC(O)(CCl)CCC. The van der Waals surface area contributed by atoms with Gasteiger partial charge in [-0.05, 0) is 12.8 Å². The van der Waals surface area contributed by atoms with Gasteiger partial charge in [0, 0.05) is 0 Å². The van der Waals surface area contributed by atoms with Crippen LogP contribution in [0.3, 0.4) is 0 Å². The Kier molecular flexibility index (Phi) is 5.10. The van der Waals surface area contributed by atoms with Crippen molar-refractivity contribution in [2.75, 3.05) is 5.88 Å². The van der Waals surface area contributed by atoms with Crippen molar-refractivity contribution in [2.45, 2.75) is 45.1 Å². The molecule has 0 aliphatic heterocycles. The van der Waals surface area contributed by atoms with E-state index in [0.29, 0.717) is 5.88 Å². The molecule has 0 heterocycles. The Hall–Kier alpha value is 0.250. The number of aliphatic hydroxyl groups is 1. The summed E-state index contributed by atoms with van der Waals surface area (Å²) in [5.41, 5.74) is -0.592. The van der Waals surface area contributed by atoms with Gasteiger partial charge in [-0.3, -0.25) is 0 Å². The lowest BCUT2D eigenvalue weighted by atomic mass is 9.95. The summed E-state index contributed by atoms with van der Waals surface area (Å²) in [5, 5.41) is 9.69. The van der Waals surface area contributed by atoms with Gasteiger partial charge in [0.05, 0.1) is 11.5 Å². The molecule has 0 spiro atoms. The second kappa shape index (κ2) is 4.97.